The first-order chi connectivity index (χ1) is 35.6. The molecule has 0 fully saturated rings. The van der Waals surface area contributed by atoms with Crippen molar-refractivity contribution in [2.24, 2.45) is 0 Å². The lowest BCUT2D eigenvalue weighted by Crippen LogP contribution is -2.18. The Morgan fingerprint density at radius 1 is 0.247 bits per heavy atom. The predicted molar refractivity (Wildman–Crippen MR) is 316 cm³/mol. The summed E-state index contributed by atoms with van der Waals surface area (Å²) in [5.74, 6) is 2.17. The van der Waals surface area contributed by atoms with Crippen LogP contribution >= 0.6 is 0 Å². The molecule has 0 unspecified atom stereocenters. The molecule has 0 aromatic heterocycles. The predicted octanol–water partition coefficient (Wildman–Crippen LogP) is 15.9. The maximum absolute atomic E-state index is 12.8. The van der Waals surface area contributed by atoms with E-state index < -0.39 is 0 Å². The summed E-state index contributed by atoms with van der Waals surface area (Å²) in [5, 5.41) is 51.0. The van der Waals surface area contributed by atoms with Gasteiger partial charge < -0.3 is 34.6 Å². The molecular formula is C70H90O7. The minimum atomic E-state index is -0.270. The standard InChI is InChI=1S/C70H90O7/c1-65(2,3)53-29-41-23-42-30-54(66(4,5)6)34-46(60(42)72)26-51-39-58(70(16,17)18)40-52-28-48-36-56(68(10,11)12)32-44(62(48)74)24-43-31-55(67(7,8)9)35-47(61(43)73)27-50-38-57(69(13,14)15)37-49(25-45(33-53)59(41)71)63(50)76-21-19-75-20-22-77-64(51)52/h29-40,71-74H,19-28H2,1-18H3. The molecule has 412 valence electrons. The molecule has 7 nitrogen and oxygen atoms in total. The van der Waals surface area contributed by atoms with Crippen LogP contribution in [0.4, 0.5) is 0 Å². The fraction of sp³-hybridized carbons (Fsp3) is 0.486. The van der Waals surface area contributed by atoms with Gasteiger partial charge in [-0.2, -0.15) is 0 Å². The fourth-order valence-electron chi connectivity index (χ4n) is 10.9. The molecule has 0 amide bonds. The molecule has 6 aromatic carbocycles. The third-order valence-corrected chi connectivity index (χ3v) is 16.0. The lowest BCUT2D eigenvalue weighted by Gasteiger charge is -2.28. The maximum atomic E-state index is 12.8. The minimum absolute atomic E-state index is 0.195. The third-order valence-electron chi connectivity index (χ3n) is 16.0. The molecule has 0 saturated carbocycles. The van der Waals surface area contributed by atoms with Crippen LogP contribution in [0.1, 0.15) is 225 Å². The number of aromatic hydroxyl groups is 4. The third kappa shape index (κ3) is 12.7. The van der Waals surface area contributed by atoms with E-state index in [2.05, 4.69) is 197 Å². The maximum Gasteiger partial charge on any atom is 0.126 e. The van der Waals surface area contributed by atoms with Gasteiger partial charge >= 0.3 is 0 Å². The summed E-state index contributed by atoms with van der Waals surface area (Å²) in [4.78, 5) is 0. The Hall–Kier alpha value is -5.92. The van der Waals surface area contributed by atoms with E-state index in [0.717, 1.165) is 100 Å². The van der Waals surface area contributed by atoms with Crippen molar-refractivity contribution in [3.63, 3.8) is 0 Å². The molecule has 8 rings (SSSR count). The normalized spacial score (nSPS) is 15.2. The van der Waals surface area contributed by atoms with Crippen LogP contribution in [-0.2, 0) is 75.8 Å². The summed E-state index contributed by atoms with van der Waals surface area (Å²) in [6.07, 6.45) is 2.06. The second kappa shape index (κ2) is 20.7. The molecule has 2 heterocycles. The summed E-state index contributed by atoms with van der Waals surface area (Å²) >= 11 is 0. The lowest BCUT2D eigenvalue weighted by atomic mass is 9.79. The van der Waals surface area contributed by atoms with Gasteiger partial charge in [-0.1, -0.05) is 197 Å². The highest BCUT2D eigenvalue weighted by molar-refractivity contribution is 5.61. The van der Waals surface area contributed by atoms with Crippen LogP contribution in [0.2, 0.25) is 0 Å². The SMILES string of the molecule is CC(C)(C)c1cc2c(O)c(c1)Cc1cc(C(C)(C)C)cc3c1OCCOCCOc1c(cc(C(C)(C)C)cc1Cc1cc(C(C)(C)C)cc(c1O)Cc1cc(C(C)(C)C)cc(c1O)C3)Cc1cc(C(C)(C)C)cc(c1O)C2. The van der Waals surface area contributed by atoms with Crippen LogP contribution in [-0.4, -0.2) is 46.9 Å². The van der Waals surface area contributed by atoms with E-state index in [0.29, 0.717) is 63.2 Å². The second-order valence-corrected chi connectivity index (χ2v) is 28.7. The number of phenols is 4. The van der Waals surface area contributed by atoms with Gasteiger partial charge in [-0.05, 0) is 133 Å². The molecule has 0 radical (unpaired) electrons. The van der Waals surface area contributed by atoms with Crippen molar-refractivity contribution in [3.05, 3.63) is 173 Å². The average Bonchev–Trinajstić information content (AvgIpc) is 3.31. The summed E-state index contributed by atoms with van der Waals surface area (Å²) in [5.41, 5.74) is 14.6. The molecule has 10 bridgehead atoms. The largest absolute Gasteiger partial charge is 0.507 e. The van der Waals surface area contributed by atoms with Crippen LogP contribution in [0.15, 0.2) is 72.8 Å². The van der Waals surface area contributed by atoms with E-state index in [1.165, 1.54) is 0 Å². The van der Waals surface area contributed by atoms with Gasteiger partial charge in [-0.25, -0.2) is 0 Å². The molecule has 0 atom stereocenters. The highest BCUT2D eigenvalue weighted by Gasteiger charge is 2.30. The van der Waals surface area contributed by atoms with Crippen molar-refractivity contribution < 1.29 is 34.6 Å². The smallest absolute Gasteiger partial charge is 0.126 e. The fourth-order valence-corrected chi connectivity index (χ4v) is 10.9. The van der Waals surface area contributed by atoms with Gasteiger partial charge in [0.05, 0.1) is 13.2 Å². The van der Waals surface area contributed by atoms with Crippen molar-refractivity contribution in [1.82, 2.24) is 0 Å². The van der Waals surface area contributed by atoms with Crippen molar-refractivity contribution >= 4 is 0 Å². The van der Waals surface area contributed by atoms with Crippen molar-refractivity contribution in [1.29, 1.82) is 0 Å². The van der Waals surface area contributed by atoms with E-state index in [-0.39, 0.29) is 68.7 Å². The number of benzene rings is 6. The van der Waals surface area contributed by atoms with Crippen LogP contribution in [0, 0.1) is 0 Å². The van der Waals surface area contributed by atoms with E-state index in [4.69, 9.17) is 14.2 Å². The van der Waals surface area contributed by atoms with Crippen LogP contribution in [0.5, 0.6) is 34.5 Å². The Bertz CT molecular complexity index is 2800. The monoisotopic (exact) mass is 1040 g/mol. The Kier molecular flexibility index (Phi) is 15.4. The Morgan fingerprint density at radius 3 is 0.571 bits per heavy atom. The van der Waals surface area contributed by atoms with E-state index in [9.17, 15) is 20.4 Å². The Morgan fingerprint density at radius 2 is 0.403 bits per heavy atom. The highest BCUT2D eigenvalue weighted by atomic mass is 16.5. The van der Waals surface area contributed by atoms with Gasteiger partial charge in [0, 0.05) is 38.5 Å². The zero-order valence-corrected chi connectivity index (χ0v) is 50.0. The summed E-state index contributed by atoms with van der Waals surface area (Å²) < 4.78 is 20.4. The molecule has 4 N–H and O–H groups in total. The number of fused-ring (bicyclic) bond motifs is 14. The minimum Gasteiger partial charge on any atom is -0.507 e. The van der Waals surface area contributed by atoms with Gasteiger partial charge in [0.25, 0.3) is 0 Å². The Labute approximate surface area is 462 Å². The second-order valence-electron chi connectivity index (χ2n) is 28.7. The average molecular weight is 1040 g/mol. The molecule has 0 spiro atoms. The van der Waals surface area contributed by atoms with Gasteiger partial charge in [-0.3, -0.25) is 0 Å². The van der Waals surface area contributed by atoms with Gasteiger partial charge in [0.2, 0.25) is 0 Å². The van der Waals surface area contributed by atoms with E-state index >= 15 is 0 Å². The number of hydrogen-bond acceptors (Lipinski definition) is 7. The molecule has 6 aromatic rings. The van der Waals surface area contributed by atoms with Crippen LogP contribution in [0.25, 0.3) is 0 Å². The number of ether oxygens (including phenoxy) is 3. The zero-order chi connectivity index (χ0) is 56.5. The van der Waals surface area contributed by atoms with Gasteiger partial charge in [0.1, 0.15) is 47.7 Å². The summed E-state index contributed by atoms with van der Waals surface area (Å²) in [6.45, 7) is 40.8. The highest BCUT2D eigenvalue weighted by Crippen LogP contribution is 2.45. The molecular weight excluding hydrogens is 953 g/mol. The first kappa shape index (κ1) is 57.3. The van der Waals surface area contributed by atoms with Crippen molar-refractivity contribution in [2.45, 2.75) is 196 Å². The van der Waals surface area contributed by atoms with E-state index in [1.807, 2.05) is 0 Å². The molecule has 2 aliphatic heterocycles. The van der Waals surface area contributed by atoms with Gasteiger partial charge in [-0.15, -0.1) is 0 Å². The van der Waals surface area contributed by atoms with Crippen LogP contribution in [0.3, 0.4) is 0 Å². The lowest BCUT2D eigenvalue weighted by molar-refractivity contribution is 0.0756. The van der Waals surface area contributed by atoms with Gasteiger partial charge in [0.15, 0.2) is 0 Å². The summed E-state index contributed by atoms with van der Waals surface area (Å²) in [7, 11) is 0. The summed E-state index contributed by atoms with van der Waals surface area (Å²) in [6, 6.07) is 26.0. The molecule has 0 aliphatic carbocycles. The molecule has 77 heavy (non-hydrogen) atoms. The topological polar surface area (TPSA) is 109 Å². The zero-order valence-electron chi connectivity index (χ0n) is 50.0. The van der Waals surface area contributed by atoms with Crippen molar-refractivity contribution in [2.75, 3.05) is 26.4 Å². The van der Waals surface area contributed by atoms with Crippen LogP contribution < -0.4 is 9.47 Å². The molecule has 0 saturated heterocycles. The molecule has 2 aliphatic rings. The number of rotatable bonds is 0. The first-order valence-corrected chi connectivity index (χ1v) is 28.1. The number of phenolic OH excluding ortho intramolecular Hbond substituents is 4. The van der Waals surface area contributed by atoms with E-state index in [1.54, 1.807) is 0 Å². The Balaban J connectivity index is 1.52. The molecule has 7 heteroatoms. The quantitative estimate of drug-likeness (QED) is 0.112. The first-order valence-electron chi connectivity index (χ1n) is 28.1. The van der Waals surface area contributed by atoms with Crippen molar-refractivity contribution in [3.8, 4) is 34.5 Å². The number of hydrogen-bond donors (Lipinski definition) is 4.